The minimum atomic E-state index is -0.527. The second-order valence-electron chi connectivity index (χ2n) is 11.9. The topological polar surface area (TPSA) is 128 Å². The van der Waals surface area contributed by atoms with Crippen molar-refractivity contribution in [2.45, 2.75) is 45.8 Å². The number of piperazine rings is 1. The summed E-state index contributed by atoms with van der Waals surface area (Å²) in [4.78, 5) is 21.3. The van der Waals surface area contributed by atoms with Crippen LogP contribution in [0, 0.1) is 18.3 Å². The molecule has 6 rings (SSSR count). The first-order valence-corrected chi connectivity index (χ1v) is 14.4. The van der Waals surface area contributed by atoms with Gasteiger partial charge in [-0.1, -0.05) is 12.1 Å². The molecule has 1 unspecified atom stereocenters. The van der Waals surface area contributed by atoms with Gasteiger partial charge in [-0.2, -0.15) is 10.4 Å². The van der Waals surface area contributed by atoms with Gasteiger partial charge in [0.15, 0.2) is 5.65 Å². The first-order chi connectivity index (χ1) is 20.6. The van der Waals surface area contributed by atoms with E-state index in [1.807, 2.05) is 64.1 Å². The number of hydrogen-bond acceptors (Lipinski definition) is 8. The van der Waals surface area contributed by atoms with Crippen molar-refractivity contribution in [3.05, 3.63) is 71.6 Å². The Bertz CT molecular complexity index is 1750. The van der Waals surface area contributed by atoms with Gasteiger partial charge >= 0.3 is 6.09 Å². The highest BCUT2D eigenvalue weighted by molar-refractivity contribution is 6.01. The summed E-state index contributed by atoms with van der Waals surface area (Å²) in [6.45, 7) is 9.94. The average Bonchev–Trinajstić information content (AvgIpc) is 3.67. The molecule has 0 spiro atoms. The number of nitrogens with one attached hydrogen (secondary N) is 1. The summed E-state index contributed by atoms with van der Waals surface area (Å²) in [7, 11) is 0. The van der Waals surface area contributed by atoms with Crippen LogP contribution in [0.25, 0.3) is 33.4 Å². The molecule has 1 fully saturated rings. The number of hydrogen-bond donors (Lipinski definition) is 2. The van der Waals surface area contributed by atoms with Gasteiger partial charge in [0.25, 0.3) is 0 Å². The van der Waals surface area contributed by atoms with Gasteiger partial charge in [0.2, 0.25) is 0 Å². The highest BCUT2D eigenvalue weighted by Crippen LogP contribution is 2.41. The van der Waals surface area contributed by atoms with Crippen molar-refractivity contribution in [3.8, 4) is 34.2 Å². The molecule has 10 nitrogen and oxygen atoms in total. The van der Waals surface area contributed by atoms with E-state index in [0.717, 1.165) is 33.5 Å². The van der Waals surface area contributed by atoms with Gasteiger partial charge in [0, 0.05) is 49.4 Å². The first-order valence-electron chi connectivity index (χ1n) is 14.4. The fraction of sp³-hybridized carbons (Fsp3) is 0.333. The lowest BCUT2D eigenvalue weighted by Crippen LogP contribution is -2.50. The van der Waals surface area contributed by atoms with E-state index in [2.05, 4.69) is 21.2 Å². The number of ether oxygens (including phenoxy) is 2. The van der Waals surface area contributed by atoms with Crippen LogP contribution in [0.4, 0.5) is 10.5 Å². The largest absolute Gasteiger partial charge is 0.508 e. The third-order valence-electron chi connectivity index (χ3n) is 7.78. The van der Waals surface area contributed by atoms with Gasteiger partial charge in [-0.05, 0) is 75.2 Å². The SMILES string of the molecule is Cc1cc(-c2nc3n[nH]c(C4CC=CO4)c3c(-c3ccc(N4CCN(C(=O)OC(C)(C)C)CC4)cc3)c2C#N)ccc1O. The van der Waals surface area contributed by atoms with Crippen molar-refractivity contribution in [1.29, 1.82) is 5.26 Å². The molecule has 220 valence electrons. The highest BCUT2D eigenvalue weighted by Gasteiger charge is 2.28. The number of fused-ring (bicyclic) bond motifs is 1. The molecule has 0 bridgehead atoms. The number of pyridine rings is 1. The maximum atomic E-state index is 12.5. The number of aryl methyl sites for hydroxylation is 1. The Kier molecular flexibility index (Phi) is 7.18. The lowest BCUT2D eigenvalue weighted by Gasteiger charge is -2.36. The van der Waals surface area contributed by atoms with E-state index in [9.17, 15) is 15.2 Å². The summed E-state index contributed by atoms with van der Waals surface area (Å²) >= 11 is 0. The second kappa shape index (κ2) is 11.0. The number of phenols is 1. The van der Waals surface area contributed by atoms with Gasteiger partial charge in [0.1, 0.15) is 23.5 Å². The van der Waals surface area contributed by atoms with Crippen molar-refractivity contribution in [2.75, 3.05) is 31.1 Å². The predicted octanol–water partition coefficient (Wildman–Crippen LogP) is 6.21. The Morgan fingerprint density at radius 2 is 1.84 bits per heavy atom. The Morgan fingerprint density at radius 1 is 1.12 bits per heavy atom. The monoisotopic (exact) mass is 578 g/mol. The molecule has 2 aliphatic heterocycles. The number of phenolic OH excluding ortho intramolecular Hbond substituents is 1. The number of aromatic nitrogens is 3. The van der Waals surface area contributed by atoms with Crippen LogP contribution in [0.3, 0.4) is 0 Å². The summed E-state index contributed by atoms with van der Waals surface area (Å²) in [5.74, 6) is 0.180. The number of amides is 1. The Balaban J connectivity index is 1.37. The molecule has 2 aromatic heterocycles. The van der Waals surface area contributed by atoms with Crippen LogP contribution in [0.1, 0.15) is 50.1 Å². The number of H-pyrrole nitrogens is 1. The van der Waals surface area contributed by atoms with Crippen molar-refractivity contribution in [2.24, 2.45) is 0 Å². The molecule has 2 aromatic carbocycles. The number of anilines is 1. The zero-order valence-corrected chi connectivity index (χ0v) is 24.7. The molecule has 43 heavy (non-hydrogen) atoms. The smallest absolute Gasteiger partial charge is 0.410 e. The lowest BCUT2D eigenvalue weighted by atomic mass is 9.91. The summed E-state index contributed by atoms with van der Waals surface area (Å²) in [6, 6.07) is 15.7. The summed E-state index contributed by atoms with van der Waals surface area (Å²) in [5, 5.41) is 29.1. The van der Waals surface area contributed by atoms with Crippen molar-refractivity contribution in [3.63, 3.8) is 0 Å². The Labute approximate surface area is 250 Å². The van der Waals surface area contributed by atoms with Crippen LogP contribution < -0.4 is 4.90 Å². The molecule has 10 heteroatoms. The molecule has 0 aliphatic carbocycles. The van der Waals surface area contributed by atoms with Gasteiger partial charge < -0.3 is 24.4 Å². The summed E-state index contributed by atoms with van der Waals surface area (Å²) in [5.41, 5.74) is 5.68. The molecule has 4 aromatic rings. The fourth-order valence-corrected chi connectivity index (χ4v) is 5.60. The number of nitriles is 1. The number of carbonyl (C=O) groups excluding carboxylic acids is 1. The maximum absolute atomic E-state index is 12.5. The van der Waals surface area contributed by atoms with Crippen LogP contribution in [0.2, 0.25) is 0 Å². The minimum Gasteiger partial charge on any atom is -0.508 e. The molecular weight excluding hydrogens is 544 g/mol. The summed E-state index contributed by atoms with van der Waals surface area (Å²) < 4.78 is 11.4. The standard InChI is InChI=1S/C33H34N6O4/c1-20-18-22(9-12-25(20)40)29-24(19-34)27(28-30(26-6-5-17-42-26)36-37-31(28)35-29)21-7-10-23(11-8-21)38-13-15-39(16-14-38)32(41)43-33(2,3)4/h5,7-12,17-18,26,40H,6,13-16H2,1-4H3,(H,35,36,37). The van der Waals surface area contributed by atoms with Gasteiger partial charge in [-0.3, -0.25) is 5.10 Å². The van der Waals surface area contributed by atoms with Crippen molar-refractivity contribution >= 4 is 22.8 Å². The van der Waals surface area contributed by atoms with E-state index >= 15 is 0 Å². The Morgan fingerprint density at radius 3 is 2.47 bits per heavy atom. The van der Waals surface area contributed by atoms with E-state index in [1.54, 1.807) is 23.3 Å². The number of aromatic hydroxyl groups is 1. The van der Waals surface area contributed by atoms with Crippen LogP contribution in [-0.4, -0.2) is 63.1 Å². The van der Waals surface area contributed by atoms with E-state index in [-0.39, 0.29) is 17.9 Å². The van der Waals surface area contributed by atoms with E-state index in [0.29, 0.717) is 55.1 Å². The minimum absolute atomic E-state index is 0.180. The third kappa shape index (κ3) is 5.46. The number of carbonyl (C=O) groups is 1. The lowest BCUT2D eigenvalue weighted by molar-refractivity contribution is 0.0240. The maximum Gasteiger partial charge on any atom is 0.410 e. The number of rotatable bonds is 4. The number of benzene rings is 2. The zero-order chi connectivity index (χ0) is 30.3. The highest BCUT2D eigenvalue weighted by atomic mass is 16.6. The van der Waals surface area contributed by atoms with Crippen LogP contribution in [0.15, 0.2) is 54.8 Å². The predicted molar refractivity (Wildman–Crippen MR) is 163 cm³/mol. The quantitative estimate of drug-likeness (QED) is 0.293. The van der Waals surface area contributed by atoms with Crippen LogP contribution in [0.5, 0.6) is 5.75 Å². The zero-order valence-electron chi connectivity index (χ0n) is 24.7. The Hall–Kier alpha value is -5.04. The first kappa shape index (κ1) is 28.1. The molecule has 4 heterocycles. The molecular formula is C33H34N6O4. The van der Waals surface area contributed by atoms with E-state index in [4.69, 9.17) is 14.5 Å². The molecule has 2 aliphatic rings. The molecule has 1 saturated heterocycles. The second-order valence-corrected chi connectivity index (χ2v) is 11.9. The number of nitrogens with zero attached hydrogens (tertiary/aromatic N) is 5. The van der Waals surface area contributed by atoms with Crippen LogP contribution >= 0.6 is 0 Å². The summed E-state index contributed by atoms with van der Waals surface area (Å²) in [6.07, 6.45) is 3.79. The third-order valence-corrected chi connectivity index (χ3v) is 7.78. The van der Waals surface area contributed by atoms with Crippen molar-refractivity contribution < 1.29 is 19.4 Å². The number of aromatic amines is 1. The molecule has 0 radical (unpaired) electrons. The van der Waals surface area contributed by atoms with Gasteiger partial charge in [-0.15, -0.1) is 0 Å². The van der Waals surface area contributed by atoms with E-state index < -0.39 is 5.60 Å². The van der Waals surface area contributed by atoms with Crippen LogP contribution in [-0.2, 0) is 9.47 Å². The van der Waals surface area contributed by atoms with E-state index in [1.165, 1.54) is 0 Å². The van der Waals surface area contributed by atoms with Gasteiger partial charge in [-0.25, -0.2) is 9.78 Å². The molecule has 2 N–H and O–H groups in total. The van der Waals surface area contributed by atoms with Gasteiger partial charge in [0.05, 0.1) is 28.6 Å². The average molecular weight is 579 g/mol. The normalized spacial score (nSPS) is 16.8. The molecule has 1 amide bonds. The fourth-order valence-electron chi connectivity index (χ4n) is 5.60. The van der Waals surface area contributed by atoms with Crippen molar-refractivity contribution in [1.82, 2.24) is 20.1 Å². The molecule has 1 atom stereocenters. The molecule has 0 saturated carbocycles.